The second-order valence-corrected chi connectivity index (χ2v) is 6.19. The van der Waals surface area contributed by atoms with Crippen molar-refractivity contribution in [1.82, 2.24) is 0 Å². The fourth-order valence-electron chi connectivity index (χ4n) is 3.17. The molecule has 1 fully saturated rings. The number of hydrogen-bond acceptors (Lipinski definition) is 3. The Morgan fingerprint density at radius 2 is 2.06 bits per heavy atom. The van der Waals surface area contributed by atoms with Gasteiger partial charge in [0.15, 0.2) is 0 Å². The van der Waals surface area contributed by atoms with Gasteiger partial charge in [0.2, 0.25) is 0 Å². The zero-order valence-corrected chi connectivity index (χ0v) is 10.7. The molecule has 1 atom stereocenters. The fraction of sp³-hybridized carbons (Fsp3) is 0.467. The highest BCUT2D eigenvalue weighted by atomic mass is 16.6. The molecule has 2 aliphatic carbocycles. The van der Waals surface area contributed by atoms with Gasteiger partial charge in [0, 0.05) is 0 Å². The molecule has 0 bridgehead atoms. The van der Waals surface area contributed by atoms with Crippen LogP contribution in [0.5, 0.6) is 0 Å². The summed E-state index contributed by atoms with van der Waals surface area (Å²) in [6, 6.07) is 0. The van der Waals surface area contributed by atoms with E-state index < -0.39 is 17.9 Å². The van der Waals surface area contributed by atoms with Crippen LogP contribution in [-0.2, 0) is 14.3 Å². The Morgan fingerprint density at radius 3 is 2.78 bits per heavy atom. The number of carbonyl (C=O) groups excluding carboxylic acids is 2. The van der Waals surface area contributed by atoms with Gasteiger partial charge in [0.05, 0.1) is 11.5 Å². The number of carbonyl (C=O) groups is 2. The SMILES string of the molecule is C=C1CC2C(=O)OC(=O)C2=CC2=C1CC(C)(C)C2. The predicted molar refractivity (Wildman–Crippen MR) is 66.5 cm³/mol. The van der Waals surface area contributed by atoms with Crippen LogP contribution in [0.3, 0.4) is 0 Å². The van der Waals surface area contributed by atoms with Gasteiger partial charge in [-0.25, -0.2) is 4.79 Å². The topological polar surface area (TPSA) is 43.4 Å². The van der Waals surface area contributed by atoms with Crippen molar-refractivity contribution >= 4 is 11.9 Å². The van der Waals surface area contributed by atoms with Crippen LogP contribution in [0.1, 0.15) is 33.1 Å². The number of hydrogen-bond donors (Lipinski definition) is 0. The molecule has 3 heteroatoms. The Bertz CT molecular complexity index is 546. The quantitative estimate of drug-likeness (QED) is 0.486. The van der Waals surface area contributed by atoms with Crippen LogP contribution in [0.25, 0.3) is 0 Å². The van der Waals surface area contributed by atoms with Crippen molar-refractivity contribution in [1.29, 1.82) is 0 Å². The third kappa shape index (κ3) is 1.57. The molecule has 0 spiro atoms. The Morgan fingerprint density at radius 1 is 1.33 bits per heavy atom. The molecule has 0 radical (unpaired) electrons. The van der Waals surface area contributed by atoms with Crippen LogP contribution in [-0.4, -0.2) is 11.9 Å². The second kappa shape index (κ2) is 3.44. The molecule has 1 aliphatic heterocycles. The standard InChI is InChI=1S/C15H16O3/c1-8-4-10-11(14(17)18-13(10)16)5-9-6-15(2,3)7-12(8)9/h5,10H,1,4,6-7H2,2-3H3. The maximum absolute atomic E-state index is 11.7. The minimum Gasteiger partial charge on any atom is -0.389 e. The van der Waals surface area contributed by atoms with Crippen LogP contribution < -0.4 is 0 Å². The summed E-state index contributed by atoms with van der Waals surface area (Å²) < 4.78 is 4.70. The van der Waals surface area contributed by atoms with Gasteiger partial charge in [-0.3, -0.25) is 4.79 Å². The monoisotopic (exact) mass is 244 g/mol. The maximum Gasteiger partial charge on any atom is 0.342 e. The van der Waals surface area contributed by atoms with Gasteiger partial charge in [-0.1, -0.05) is 26.0 Å². The molecule has 0 N–H and O–H groups in total. The number of allylic oxidation sites excluding steroid dienone is 4. The zero-order chi connectivity index (χ0) is 13.1. The third-order valence-electron chi connectivity index (χ3n) is 4.01. The van der Waals surface area contributed by atoms with E-state index in [0.717, 1.165) is 24.0 Å². The fourth-order valence-corrected chi connectivity index (χ4v) is 3.17. The first-order valence-corrected chi connectivity index (χ1v) is 6.25. The Hall–Kier alpha value is -1.64. The number of cyclic esters (lactones) is 2. The Kier molecular flexibility index (Phi) is 2.19. The number of rotatable bonds is 0. The van der Waals surface area contributed by atoms with Crippen LogP contribution >= 0.6 is 0 Å². The average molecular weight is 244 g/mol. The first-order valence-electron chi connectivity index (χ1n) is 6.25. The van der Waals surface area contributed by atoms with Crippen LogP contribution in [0, 0.1) is 11.3 Å². The molecule has 3 nitrogen and oxygen atoms in total. The van der Waals surface area contributed by atoms with Crippen molar-refractivity contribution in [2.75, 3.05) is 0 Å². The smallest absolute Gasteiger partial charge is 0.342 e. The number of fused-ring (bicyclic) bond motifs is 1. The lowest BCUT2D eigenvalue weighted by Crippen LogP contribution is -2.11. The van der Waals surface area contributed by atoms with Crippen molar-refractivity contribution in [3.05, 3.63) is 34.9 Å². The van der Waals surface area contributed by atoms with Crippen molar-refractivity contribution in [2.24, 2.45) is 11.3 Å². The van der Waals surface area contributed by atoms with Crippen LogP contribution in [0.15, 0.2) is 34.9 Å². The van der Waals surface area contributed by atoms with E-state index in [-0.39, 0.29) is 5.41 Å². The van der Waals surface area contributed by atoms with E-state index in [2.05, 4.69) is 20.4 Å². The van der Waals surface area contributed by atoms with Gasteiger partial charge in [-0.15, -0.1) is 0 Å². The third-order valence-corrected chi connectivity index (χ3v) is 4.01. The van der Waals surface area contributed by atoms with Gasteiger partial charge in [0.25, 0.3) is 0 Å². The van der Waals surface area contributed by atoms with Gasteiger partial charge in [-0.05, 0) is 41.9 Å². The summed E-state index contributed by atoms with van der Waals surface area (Å²) in [5.74, 6) is -1.33. The Balaban J connectivity index is 2.07. The van der Waals surface area contributed by atoms with Crippen LogP contribution in [0.4, 0.5) is 0 Å². The summed E-state index contributed by atoms with van der Waals surface area (Å²) in [5.41, 5.74) is 4.11. The van der Waals surface area contributed by atoms with E-state index in [9.17, 15) is 9.59 Å². The zero-order valence-electron chi connectivity index (χ0n) is 10.7. The molecule has 3 rings (SSSR count). The molecule has 0 saturated carbocycles. The van der Waals surface area contributed by atoms with Crippen molar-refractivity contribution in [2.45, 2.75) is 33.1 Å². The van der Waals surface area contributed by atoms with Crippen molar-refractivity contribution < 1.29 is 14.3 Å². The van der Waals surface area contributed by atoms with Crippen molar-refractivity contribution in [3.8, 4) is 0 Å². The highest BCUT2D eigenvalue weighted by Gasteiger charge is 2.43. The first-order chi connectivity index (χ1) is 8.37. The summed E-state index contributed by atoms with van der Waals surface area (Å²) in [4.78, 5) is 23.3. The predicted octanol–water partition coefficient (Wildman–Crippen LogP) is 2.69. The molecule has 18 heavy (non-hydrogen) atoms. The summed E-state index contributed by atoms with van der Waals surface area (Å²) in [6.45, 7) is 8.51. The van der Waals surface area contributed by atoms with E-state index in [1.165, 1.54) is 5.57 Å². The lowest BCUT2D eigenvalue weighted by atomic mass is 9.85. The molecule has 1 heterocycles. The van der Waals surface area contributed by atoms with E-state index in [4.69, 9.17) is 4.74 Å². The van der Waals surface area contributed by atoms with E-state index in [1.807, 2.05) is 6.08 Å². The van der Waals surface area contributed by atoms with Crippen molar-refractivity contribution in [3.63, 3.8) is 0 Å². The molecule has 0 aromatic heterocycles. The maximum atomic E-state index is 11.7. The van der Waals surface area contributed by atoms with E-state index in [0.29, 0.717) is 12.0 Å². The molecule has 94 valence electrons. The molecule has 3 aliphatic rings. The molecule has 0 amide bonds. The van der Waals surface area contributed by atoms with E-state index in [1.54, 1.807) is 0 Å². The second-order valence-electron chi connectivity index (χ2n) is 6.19. The molecule has 1 saturated heterocycles. The average Bonchev–Trinajstić information content (AvgIpc) is 2.64. The molecule has 1 unspecified atom stereocenters. The normalized spacial score (nSPS) is 29.8. The number of esters is 2. The van der Waals surface area contributed by atoms with Gasteiger partial charge in [0.1, 0.15) is 0 Å². The van der Waals surface area contributed by atoms with E-state index >= 15 is 0 Å². The van der Waals surface area contributed by atoms with Crippen LogP contribution in [0.2, 0.25) is 0 Å². The largest absolute Gasteiger partial charge is 0.389 e. The highest BCUT2D eigenvalue weighted by molar-refractivity contribution is 6.08. The van der Waals surface area contributed by atoms with Gasteiger partial charge in [-0.2, -0.15) is 0 Å². The summed E-state index contributed by atoms with van der Waals surface area (Å²) in [5, 5.41) is 0. The molecule has 0 aromatic carbocycles. The Labute approximate surface area is 106 Å². The minimum absolute atomic E-state index is 0.212. The number of ether oxygens (including phenoxy) is 1. The highest BCUT2D eigenvalue weighted by Crippen LogP contribution is 2.48. The lowest BCUT2D eigenvalue weighted by molar-refractivity contribution is -0.152. The summed E-state index contributed by atoms with van der Waals surface area (Å²) in [6.07, 6.45) is 4.30. The summed E-state index contributed by atoms with van der Waals surface area (Å²) in [7, 11) is 0. The van der Waals surface area contributed by atoms with Gasteiger partial charge >= 0.3 is 11.9 Å². The molecule has 0 aromatic rings. The first kappa shape index (κ1) is 11.5. The molecular formula is C15H16O3. The molecular weight excluding hydrogens is 228 g/mol. The van der Waals surface area contributed by atoms with Gasteiger partial charge < -0.3 is 4.74 Å². The summed E-state index contributed by atoms with van der Waals surface area (Å²) >= 11 is 0. The lowest BCUT2D eigenvalue weighted by Gasteiger charge is -2.18. The minimum atomic E-state index is -0.476.